The monoisotopic (exact) mass is 606 g/mol. The standard InChI is InChI=1S/C33H48F2O6Si/c1-19(2)14-15-38-26-17-21(5)27(31(34)35)23-18-39-32(36)28-24(40-29(23)26)13-12-22(30(28)37-9)25(16-20(3)4)41-42(10,11)33(6,7)8/h12-13,17,19-20,25,31H,14-16,18H2,1-11H3/t25-/m0/s1. The number of carbonyl (C=O) groups excluding carboxylic acids is 1. The summed E-state index contributed by atoms with van der Waals surface area (Å²) in [5, 5.41) is -0.0304. The molecule has 2 aromatic carbocycles. The van der Waals surface area contributed by atoms with Gasteiger partial charge in [0, 0.05) is 16.7 Å². The van der Waals surface area contributed by atoms with Crippen molar-refractivity contribution < 1.29 is 36.9 Å². The summed E-state index contributed by atoms with van der Waals surface area (Å²) >= 11 is 0. The van der Waals surface area contributed by atoms with Crippen LogP contribution in [0.5, 0.6) is 23.0 Å². The molecule has 1 aliphatic heterocycles. The summed E-state index contributed by atoms with van der Waals surface area (Å²) in [5.74, 6) is 0.893. The fourth-order valence-corrected chi connectivity index (χ4v) is 6.06. The molecule has 0 fully saturated rings. The second kappa shape index (κ2) is 13.3. The minimum Gasteiger partial charge on any atom is -0.495 e. The third-order valence-electron chi connectivity index (χ3n) is 8.16. The van der Waals surface area contributed by atoms with Gasteiger partial charge in [0.25, 0.3) is 6.43 Å². The highest BCUT2D eigenvalue weighted by Crippen LogP contribution is 2.49. The van der Waals surface area contributed by atoms with Gasteiger partial charge in [-0.25, -0.2) is 13.6 Å². The number of benzene rings is 2. The van der Waals surface area contributed by atoms with E-state index >= 15 is 0 Å². The van der Waals surface area contributed by atoms with Crippen molar-refractivity contribution in [3.8, 4) is 23.0 Å². The van der Waals surface area contributed by atoms with Crippen LogP contribution in [-0.4, -0.2) is 28.0 Å². The molecule has 1 heterocycles. The zero-order valence-corrected chi connectivity index (χ0v) is 28.1. The maximum absolute atomic E-state index is 14.2. The molecule has 0 saturated heterocycles. The molecule has 234 valence electrons. The van der Waals surface area contributed by atoms with Crippen LogP contribution in [0.2, 0.25) is 18.1 Å². The van der Waals surface area contributed by atoms with E-state index in [1.54, 1.807) is 19.1 Å². The van der Waals surface area contributed by atoms with E-state index in [1.807, 2.05) is 6.07 Å². The second-order valence-corrected chi connectivity index (χ2v) is 18.2. The van der Waals surface area contributed by atoms with Crippen LogP contribution in [0.3, 0.4) is 0 Å². The van der Waals surface area contributed by atoms with Crippen molar-refractivity contribution in [2.75, 3.05) is 13.7 Å². The van der Waals surface area contributed by atoms with Crippen LogP contribution in [0.4, 0.5) is 8.78 Å². The van der Waals surface area contributed by atoms with E-state index in [-0.39, 0.29) is 39.3 Å². The minimum atomic E-state index is -2.79. The zero-order valence-electron chi connectivity index (χ0n) is 27.1. The topological polar surface area (TPSA) is 63.2 Å². The lowest BCUT2D eigenvalue weighted by Crippen LogP contribution is -2.42. The first-order valence-corrected chi connectivity index (χ1v) is 17.7. The Morgan fingerprint density at radius 2 is 1.74 bits per heavy atom. The second-order valence-electron chi connectivity index (χ2n) is 13.5. The van der Waals surface area contributed by atoms with Crippen molar-refractivity contribution in [2.24, 2.45) is 11.8 Å². The Morgan fingerprint density at radius 3 is 2.29 bits per heavy atom. The Labute approximate surface area is 251 Å². The maximum Gasteiger partial charge on any atom is 0.346 e. The van der Waals surface area contributed by atoms with E-state index in [2.05, 4.69) is 61.6 Å². The Bertz CT molecular complexity index is 1270. The summed E-state index contributed by atoms with van der Waals surface area (Å²) in [6.45, 7) is 20.9. The van der Waals surface area contributed by atoms with E-state index in [0.29, 0.717) is 41.9 Å². The Kier molecular flexibility index (Phi) is 10.7. The summed E-state index contributed by atoms with van der Waals surface area (Å²) in [7, 11) is -0.716. The van der Waals surface area contributed by atoms with E-state index in [1.165, 1.54) is 7.11 Å². The molecule has 6 nitrogen and oxygen atoms in total. The zero-order chi connectivity index (χ0) is 31.6. The van der Waals surface area contributed by atoms with Gasteiger partial charge in [0.1, 0.15) is 23.7 Å². The molecule has 0 saturated carbocycles. The first-order chi connectivity index (χ1) is 19.5. The van der Waals surface area contributed by atoms with Crippen molar-refractivity contribution in [1.29, 1.82) is 0 Å². The fraction of sp³-hybridized carbons (Fsp3) is 0.606. The number of cyclic esters (lactones) is 1. The predicted octanol–water partition coefficient (Wildman–Crippen LogP) is 9.94. The Balaban J connectivity index is 2.20. The number of methoxy groups -OCH3 is 1. The molecule has 0 unspecified atom stereocenters. The largest absolute Gasteiger partial charge is 0.495 e. The van der Waals surface area contributed by atoms with Crippen molar-refractivity contribution in [2.45, 2.75) is 106 Å². The van der Waals surface area contributed by atoms with Gasteiger partial charge >= 0.3 is 5.97 Å². The third kappa shape index (κ3) is 7.46. The van der Waals surface area contributed by atoms with Crippen LogP contribution in [0.15, 0.2) is 18.2 Å². The van der Waals surface area contributed by atoms with Crippen LogP contribution >= 0.6 is 0 Å². The number of rotatable bonds is 11. The third-order valence-corrected chi connectivity index (χ3v) is 12.6. The quantitative estimate of drug-likeness (QED) is 0.187. The minimum absolute atomic E-state index is 0.0304. The van der Waals surface area contributed by atoms with Crippen LogP contribution in [0.25, 0.3) is 0 Å². The molecule has 0 spiro atoms. The van der Waals surface area contributed by atoms with Crippen LogP contribution in [-0.2, 0) is 15.8 Å². The van der Waals surface area contributed by atoms with Crippen LogP contribution < -0.4 is 14.2 Å². The van der Waals surface area contributed by atoms with Crippen molar-refractivity contribution in [1.82, 2.24) is 0 Å². The van der Waals surface area contributed by atoms with Crippen LogP contribution in [0, 0.1) is 18.8 Å². The summed E-state index contributed by atoms with van der Waals surface area (Å²) in [4.78, 5) is 13.6. The summed E-state index contributed by atoms with van der Waals surface area (Å²) < 4.78 is 59.3. The average Bonchev–Trinajstić information content (AvgIpc) is 2.85. The van der Waals surface area contributed by atoms with Gasteiger partial charge in [-0.1, -0.05) is 48.5 Å². The lowest BCUT2D eigenvalue weighted by molar-refractivity contribution is 0.0444. The molecule has 0 aliphatic carbocycles. The number of hydrogen-bond acceptors (Lipinski definition) is 6. The molecule has 0 N–H and O–H groups in total. The first-order valence-electron chi connectivity index (χ1n) is 14.8. The Hall–Kier alpha value is -2.65. The van der Waals surface area contributed by atoms with Gasteiger partial charge in [0.05, 0.1) is 19.8 Å². The molecule has 0 amide bonds. The number of fused-ring (bicyclic) bond motifs is 2. The van der Waals surface area contributed by atoms with E-state index < -0.39 is 27.3 Å². The number of esters is 1. The van der Waals surface area contributed by atoms with E-state index in [4.69, 9.17) is 23.4 Å². The van der Waals surface area contributed by atoms with Crippen LogP contribution in [0.1, 0.15) is 106 Å². The molecular formula is C33H48F2O6Si. The molecule has 1 aliphatic rings. The first kappa shape index (κ1) is 33.8. The van der Waals surface area contributed by atoms with Gasteiger partial charge in [-0.15, -0.1) is 0 Å². The lowest BCUT2D eigenvalue weighted by atomic mass is 9.96. The molecule has 0 bridgehead atoms. The number of alkyl halides is 2. The number of ether oxygens (including phenoxy) is 4. The SMILES string of the molecule is COc1c([C@H](CC(C)C)O[Si](C)(C)C(C)(C)C)ccc2c1C(=O)OCc1c(c(OCCC(C)C)cc(C)c1C(F)F)O2. The number of halogens is 2. The molecule has 0 radical (unpaired) electrons. The van der Waals surface area contributed by atoms with Gasteiger partial charge in [0.15, 0.2) is 19.8 Å². The summed E-state index contributed by atoms with van der Waals surface area (Å²) in [6, 6.07) is 5.08. The maximum atomic E-state index is 14.2. The fourth-order valence-electron chi connectivity index (χ4n) is 4.77. The van der Waals surface area contributed by atoms with Gasteiger partial charge in [-0.3, -0.25) is 0 Å². The van der Waals surface area contributed by atoms with Crippen molar-refractivity contribution >= 4 is 14.3 Å². The van der Waals surface area contributed by atoms with Gasteiger partial charge < -0.3 is 23.4 Å². The molecule has 42 heavy (non-hydrogen) atoms. The highest BCUT2D eigenvalue weighted by molar-refractivity contribution is 6.74. The molecule has 2 aromatic rings. The van der Waals surface area contributed by atoms with Gasteiger partial charge in [0.2, 0.25) is 0 Å². The highest BCUT2D eigenvalue weighted by atomic mass is 28.4. The predicted molar refractivity (Wildman–Crippen MR) is 164 cm³/mol. The van der Waals surface area contributed by atoms with Gasteiger partial charge in [-0.2, -0.15) is 0 Å². The Morgan fingerprint density at radius 1 is 1.07 bits per heavy atom. The normalized spacial score (nSPS) is 14.6. The molecule has 3 rings (SSSR count). The number of aryl methyl sites for hydroxylation is 1. The number of hydrogen-bond donors (Lipinski definition) is 0. The molecule has 1 atom stereocenters. The van der Waals surface area contributed by atoms with Crippen molar-refractivity contribution in [3.05, 3.63) is 46.0 Å². The molecule has 0 aromatic heterocycles. The van der Waals surface area contributed by atoms with Crippen molar-refractivity contribution in [3.63, 3.8) is 0 Å². The van der Waals surface area contributed by atoms with E-state index in [9.17, 15) is 13.6 Å². The number of carbonyl (C=O) groups is 1. The highest BCUT2D eigenvalue weighted by Gasteiger charge is 2.41. The summed E-state index contributed by atoms with van der Waals surface area (Å²) in [5.41, 5.74) is 1.05. The smallest absolute Gasteiger partial charge is 0.346 e. The molecular weight excluding hydrogens is 558 g/mol. The molecule has 9 heteroatoms. The van der Waals surface area contributed by atoms with E-state index in [0.717, 1.165) is 12.0 Å². The summed E-state index contributed by atoms with van der Waals surface area (Å²) in [6.07, 6.45) is -1.63. The average molecular weight is 607 g/mol. The van der Waals surface area contributed by atoms with Gasteiger partial charge in [-0.05, 0) is 73.5 Å². The lowest BCUT2D eigenvalue weighted by Gasteiger charge is -2.40.